The molecule has 1 heterocycles. The van der Waals surface area contributed by atoms with Crippen molar-refractivity contribution in [3.05, 3.63) is 65.2 Å². The molecule has 7 heteroatoms. The predicted octanol–water partition coefficient (Wildman–Crippen LogP) is 2.81. The number of nitrogens with zero attached hydrogens (tertiary/aromatic N) is 2. The van der Waals surface area contributed by atoms with Crippen LogP contribution in [0.15, 0.2) is 42.5 Å². The van der Waals surface area contributed by atoms with E-state index in [1.807, 2.05) is 25.1 Å². The highest BCUT2D eigenvalue weighted by Crippen LogP contribution is 2.19. The van der Waals surface area contributed by atoms with Crippen LogP contribution in [0.25, 0.3) is 0 Å². The SMILES string of the molecule is CCN(CC(=O)Nc1c(F)cccc1F)CC(=O)N1CCc2ccccc2C1. The molecule has 5 nitrogen and oxygen atoms in total. The fourth-order valence-electron chi connectivity index (χ4n) is 3.28. The van der Waals surface area contributed by atoms with Gasteiger partial charge < -0.3 is 10.2 Å². The summed E-state index contributed by atoms with van der Waals surface area (Å²) in [5.41, 5.74) is 1.92. The molecule has 0 radical (unpaired) electrons. The second-order valence-electron chi connectivity index (χ2n) is 6.78. The number of carbonyl (C=O) groups excluding carboxylic acids is 2. The molecule has 2 amide bonds. The van der Waals surface area contributed by atoms with Crippen molar-refractivity contribution in [2.24, 2.45) is 0 Å². The van der Waals surface area contributed by atoms with Crippen LogP contribution in [0, 0.1) is 11.6 Å². The van der Waals surface area contributed by atoms with E-state index in [0.29, 0.717) is 19.6 Å². The number of nitrogens with one attached hydrogen (secondary N) is 1. The fourth-order valence-corrected chi connectivity index (χ4v) is 3.28. The van der Waals surface area contributed by atoms with Crippen molar-refractivity contribution in [2.45, 2.75) is 19.9 Å². The second-order valence-corrected chi connectivity index (χ2v) is 6.78. The minimum Gasteiger partial charge on any atom is -0.337 e. The Bertz CT molecular complexity index is 852. The summed E-state index contributed by atoms with van der Waals surface area (Å²) in [7, 11) is 0. The number of fused-ring (bicyclic) bond motifs is 1. The van der Waals surface area contributed by atoms with Crippen LogP contribution in [0.5, 0.6) is 0 Å². The van der Waals surface area contributed by atoms with E-state index in [4.69, 9.17) is 0 Å². The van der Waals surface area contributed by atoms with Crippen LogP contribution in [-0.4, -0.2) is 47.8 Å². The van der Waals surface area contributed by atoms with Crippen molar-refractivity contribution in [1.29, 1.82) is 0 Å². The monoisotopic (exact) mass is 387 g/mol. The Labute approximate surface area is 162 Å². The Balaban J connectivity index is 1.57. The van der Waals surface area contributed by atoms with E-state index in [9.17, 15) is 18.4 Å². The van der Waals surface area contributed by atoms with Crippen LogP contribution in [0.3, 0.4) is 0 Å². The van der Waals surface area contributed by atoms with Crippen LogP contribution >= 0.6 is 0 Å². The molecule has 0 bridgehead atoms. The summed E-state index contributed by atoms with van der Waals surface area (Å²) in [6.07, 6.45) is 0.807. The topological polar surface area (TPSA) is 52.7 Å². The average Bonchev–Trinajstić information content (AvgIpc) is 2.70. The normalized spacial score (nSPS) is 13.4. The van der Waals surface area contributed by atoms with Crippen molar-refractivity contribution >= 4 is 17.5 Å². The largest absolute Gasteiger partial charge is 0.337 e. The number of halogens is 2. The Morgan fingerprint density at radius 1 is 1.04 bits per heavy atom. The van der Waals surface area contributed by atoms with Crippen LogP contribution in [0.4, 0.5) is 14.5 Å². The van der Waals surface area contributed by atoms with Gasteiger partial charge in [0.2, 0.25) is 11.8 Å². The van der Waals surface area contributed by atoms with Crippen molar-refractivity contribution in [3.63, 3.8) is 0 Å². The van der Waals surface area contributed by atoms with Gasteiger partial charge in [0.05, 0.1) is 13.1 Å². The fraction of sp³-hybridized carbons (Fsp3) is 0.333. The standard InChI is InChI=1S/C21H23F2N3O2/c1-2-25(13-19(27)24-21-17(22)8-5-9-18(21)23)14-20(28)26-11-10-15-6-3-4-7-16(15)12-26/h3-9H,2,10-14H2,1H3,(H,24,27). The van der Waals surface area contributed by atoms with Crippen molar-refractivity contribution in [3.8, 4) is 0 Å². The van der Waals surface area contributed by atoms with Gasteiger partial charge in [0.1, 0.15) is 17.3 Å². The van der Waals surface area contributed by atoms with Gasteiger partial charge >= 0.3 is 0 Å². The number of rotatable bonds is 6. The molecular formula is C21H23F2N3O2. The smallest absolute Gasteiger partial charge is 0.238 e. The van der Waals surface area contributed by atoms with Gasteiger partial charge in [-0.3, -0.25) is 14.5 Å². The highest BCUT2D eigenvalue weighted by Gasteiger charge is 2.23. The minimum atomic E-state index is -0.834. The molecule has 0 saturated heterocycles. The van der Waals surface area contributed by atoms with Gasteiger partial charge in [0, 0.05) is 13.1 Å². The van der Waals surface area contributed by atoms with Gasteiger partial charge in [-0.1, -0.05) is 37.3 Å². The van der Waals surface area contributed by atoms with Crippen molar-refractivity contribution < 1.29 is 18.4 Å². The Hall–Kier alpha value is -2.80. The molecule has 3 rings (SSSR count). The molecule has 2 aromatic rings. The zero-order chi connectivity index (χ0) is 20.1. The number of benzene rings is 2. The van der Waals surface area contributed by atoms with E-state index >= 15 is 0 Å². The third-order valence-electron chi connectivity index (χ3n) is 4.88. The highest BCUT2D eigenvalue weighted by molar-refractivity contribution is 5.92. The highest BCUT2D eigenvalue weighted by atomic mass is 19.1. The number of likely N-dealkylation sites (N-methyl/N-ethyl adjacent to an activating group) is 1. The molecule has 1 N–H and O–H groups in total. The molecule has 1 aliphatic rings. The van der Waals surface area contributed by atoms with Gasteiger partial charge in [-0.05, 0) is 36.2 Å². The molecule has 0 spiro atoms. The first kappa shape index (κ1) is 19.9. The number of hydrogen-bond donors (Lipinski definition) is 1. The van der Waals surface area contributed by atoms with E-state index in [1.54, 1.807) is 9.80 Å². The van der Waals surface area contributed by atoms with Gasteiger partial charge in [0.15, 0.2) is 0 Å². The second kappa shape index (κ2) is 8.93. The van der Waals surface area contributed by atoms with E-state index < -0.39 is 23.2 Å². The number of carbonyl (C=O) groups is 2. The quantitative estimate of drug-likeness (QED) is 0.829. The van der Waals surface area contributed by atoms with E-state index in [-0.39, 0.29) is 19.0 Å². The van der Waals surface area contributed by atoms with Crippen LogP contribution in [0.1, 0.15) is 18.1 Å². The van der Waals surface area contributed by atoms with Crippen molar-refractivity contribution in [1.82, 2.24) is 9.80 Å². The lowest BCUT2D eigenvalue weighted by molar-refractivity contribution is -0.133. The van der Waals surface area contributed by atoms with Gasteiger partial charge in [0.25, 0.3) is 0 Å². The summed E-state index contributed by atoms with van der Waals surface area (Å²) >= 11 is 0. The molecule has 0 aromatic heterocycles. The maximum absolute atomic E-state index is 13.7. The first-order valence-corrected chi connectivity index (χ1v) is 9.28. The molecule has 0 fully saturated rings. The number of para-hydroxylation sites is 1. The molecular weight excluding hydrogens is 364 g/mol. The third kappa shape index (κ3) is 4.72. The number of amides is 2. The van der Waals surface area contributed by atoms with Gasteiger partial charge in [-0.25, -0.2) is 8.78 Å². The summed E-state index contributed by atoms with van der Waals surface area (Å²) in [5.74, 6) is -2.30. The summed E-state index contributed by atoms with van der Waals surface area (Å²) in [4.78, 5) is 28.3. The zero-order valence-corrected chi connectivity index (χ0v) is 15.8. The molecule has 0 unspecified atom stereocenters. The molecule has 0 saturated carbocycles. The lowest BCUT2D eigenvalue weighted by Crippen LogP contribution is -2.44. The Morgan fingerprint density at radius 2 is 1.71 bits per heavy atom. The average molecular weight is 387 g/mol. The lowest BCUT2D eigenvalue weighted by Gasteiger charge is -2.31. The van der Waals surface area contributed by atoms with Crippen molar-refractivity contribution in [2.75, 3.05) is 31.5 Å². The first-order valence-electron chi connectivity index (χ1n) is 9.28. The Kier molecular flexibility index (Phi) is 6.36. The summed E-state index contributed by atoms with van der Waals surface area (Å²) in [5, 5.41) is 2.25. The van der Waals surface area contributed by atoms with Gasteiger partial charge in [-0.15, -0.1) is 0 Å². The minimum absolute atomic E-state index is 0.0683. The molecule has 28 heavy (non-hydrogen) atoms. The van der Waals surface area contributed by atoms with E-state index in [1.165, 1.54) is 11.6 Å². The van der Waals surface area contributed by atoms with E-state index in [0.717, 1.165) is 24.1 Å². The van der Waals surface area contributed by atoms with Gasteiger partial charge in [-0.2, -0.15) is 0 Å². The predicted molar refractivity (Wildman–Crippen MR) is 103 cm³/mol. The summed E-state index contributed by atoms with van der Waals surface area (Å²) in [6.45, 7) is 3.44. The Morgan fingerprint density at radius 3 is 2.39 bits per heavy atom. The number of hydrogen-bond acceptors (Lipinski definition) is 3. The first-order chi connectivity index (χ1) is 13.5. The van der Waals surface area contributed by atoms with Crippen LogP contribution in [0.2, 0.25) is 0 Å². The molecule has 2 aromatic carbocycles. The molecule has 1 aliphatic heterocycles. The molecule has 0 atom stereocenters. The summed E-state index contributed by atoms with van der Waals surface area (Å²) in [6, 6.07) is 11.4. The van der Waals surface area contributed by atoms with E-state index in [2.05, 4.69) is 11.4 Å². The van der Waals surface area contributed by atoms with Crippen LogP contribution in [-0.2, 0) is 22.6 Å². The maximum atomic E-state index is 13.7. The number of anilines is 1. The maximum Gasteiger partial charge on any atom is 0.238 e. The van der Waals surface area contributed by atoms with Crippen LogP contribution < -0.4 is 5.32 Å². The summed E-state index contributed by atoms with van der Waals surface area (Å²) < 4.78 is 27.4. The zero-order valence-electron chi connectivity index (χ0n) is 15.8. The molecule has 148 valence electrons. The lowest BCUT2D eigenvalue weighted by atomic mass is 10.00. The third-order valence-corrected chi connectivity index (χ3v) is 4.88. The molecule has 0 aliphatic carbocycles.